The Balaban J connectivity index is 1.56. The Hall–Kier alpha value is -4.60. The number of fused-ring (bicyclic) bond motifs is 7. The van der Waals surface area contributed by atoms with Gasteiger partial charge in [-0.2, -0.15) is 0 Å². The van der Waals surface area contributed by atoms with Crippen LogP contribution in [-0.2, 0) is 0 Å². The van der Waals surface area contributed by atoms with Gasteiger partial charge in [-0.15, -0.1) is 0 Å². The second-order valence-electron chi connectivity index (χ2n) is 9.91. The van der Waals surface area contributed by atoms with Crippen molar-refractivity contribution < 1.29 is 4.42 Å². The van der Waals surface area contributed by atoms with Gasteiger partial charge in [0.1, 0.15) is 5.58 Å². The lowest BCUT2D eigenvalue weighted by atomic mass is 9.98. The Morgan fingerprint density at radius 1 is 0.513 bits per heavy atom. The maximum atomic E-state index is 6.40. The molecule has 0 unspecified atom stereocenters. The average molecular weight is 564 g/mol. The molecule has 0 aliphatic heterocycles. The predicted octanol–water partition coefficient (Wildman–Crippen LogP) is 10.8. The summed E-state index contributed by atoms with van der Waals surface area (Å²) in [6.07, 6.45) is 0. The molecule has 0 aliphatic rings. The molecular weight excluding hydrogens is 542 g/mol. The summed E-state index contributed by atoms with van der Waals surface area (Å²) in [6.45, 7) is 0. The Bertz CT molecular complexity index is 2110. The Kier molecular flexibility index (Phi) is 5.01. The van der Waals surface area contributed by atoms with Crippen LogP contribution >= 0.6 is 15.9 Å². The highest BCUT2D eigenvalue weighted by Gasteiger charge is 2.21. The van der Waals surface area contributed by atoms with E-state index < -0.39 is 0 Å². The highest BCUT2D eigenvalue weighted by Crippen LogP contribution is 2.44. The normalized spacial score (nSPS) is 11.7. The van der Waals surface area contributed by atoms with E-state index >= 15 is 0 Å². The molecule has 8 rings (SSSR count). The van der Waals surface area contributed by atoms with Crippen molar-refractivity contribution in [3.05, 3.63) is 138 Å². The lowest BCUT2D eigenvalue weighted by molar-refractivity contribution is 0.667. The third-order valence-corrected chi connectivity index (χ3v) is 8.21. The summed E-state index contributed by atoms with van der Waals surface area (Å²) in [4.78, 5) is 0. The predicted molar refractivity (Wildman–Crippen MR) is 167 cm³/mol. The Labute approximate surface area is 233 Å². The number of para-hydroxylation sites is 2. The Morgan fingerprint density at radius 3 is 1.79 bits per heavy atom. The second kappa shape index (κ2) is 8.72. The van der Waals surface area contributed by atoms with Crippen molar-refractivity contribution in [2.24, 2.45) is 0 Å². The first-order valence-corrected chi connectivity index (χ1v) is 13.8. The third-order valence-electron chi connectivity index (χ3n) is 7.62. The van der Waals surface area contributed by atoms with Gasteiger partial charge in [0.05, 0.1) is 20.9 Å². The zero-order valence-electron chi connectivity index (χ0n) is 20.9. The molecule has 184 valence electrons. The van der Waals surface area contributed by atoms with Crippen LogP contribution in [0.1, 0.15) is 0 Å². The third kappa shape index (κ3) is 3.47. The highest BCUT2D eigenvalue weighted by atomic mass is 79.9. The number of furan rings is 1. The molecule has 0 radical (unpaired) electrons. The van der Waals surface area contributed by atoms with Gasteiger partial charge in [0.2, 0.25) is 0 Å². The van der Waals surface area contributed by atoms with Crippen molar-refractivity contribution in [2.45, 2.75) is 0 Å². The van der Waals surface area contributed by atoms with Crippen molar-refractivity contribution in [3.8, 4) is 27.9 Å². The van der Waals surface area contributed by atoms with Crippen LogP contribution in [0.3, 0.4) is 0 Å². The van der Waals surface area contributed by atoms with Gasteiger partial charge in [-0.25, -0.2) is 0 Å². The standard InChI is InChI=1S/C36H22BrNO/c37-31-22-30-28-15-7-9-17-32(28)38(35(30)34-29-16-8-10-18-33(29)39-36(31)34)27-20-25(23-11-3-1-4-12-23)19-26(21-27)24-13-5-2-6-14-24/h1-22H. The molecule has 0 N–H and O–H groups in total. The fourth-order valence-corrected chi connectivity index (χ4v) is 6.41. The van der Waals surface area contributed by atoms with Gasteiger partial charge >= 0.3 is 0 Å². The zero-order chi connectivity index (χ0) is 25.9. The van der Waals surface area contributed by atoms with E-state index in [1.165, 1.54) is 38.5 Å². The molecule has 2 aromatic heterocycles. The first-order chi connectivity index (χ1) is 19.3. The lowest BCUT2D eigenvalue weighted by Gasteiger charge is -2.14. The lowest BCUT2D eigenvalue weighted by Crippen LogP contribution is -1.96. The van der Waals surface area contributed by atoms with Gasteiger partial charge in [-0.1, -0.05) is 97.1 Å². The van der Waals surface area contributed by atoms with Crippen LogP contribution in [0.25, 0.3) is 71.7 Å². The molecule has 6 aromatic carbocycles. The van der Waals surface area contributed by atoms with E-state index in [2.05, 4.69) is 142 Å². The molecule has 2 heterocycles. The molecule has 0 saturated heterocycles. The minimum atomic E-state index is 0.871. The summed E-state index contributed by atoms with van der Waals surface area (Å²) in [5.41, 5.74) is 9.96. The quantitative estimate of drug-likeness (QED) is 0.209. The number of hydrogen-bond acceptors (Lipinski definition) is 1. The Morgan fingerprint density at radius 2 is 1.10 bits per heavy atom. The molecule has 0 fully saturated rings. The smallest absolute Gasteiger partial charge is 0.151 e. The molecular formula is C36H22BrNO. The molecule has 39 heavy (non-hydrogen) atoms. The van der Waals surface area contributed by atoms with E-state index in [1.54, 1.807) is 0 Å². The summed E-state index contributed by atoms with van der Waals surface area (Å²) in [5, 5.41) is 4.65. The number of hydrogen-bond donors (Lipinski definition) is 0. The van der Waals surface area contributed by atoms with Crippen molar-refractivity contribution >= 4 is 59.7 Å². The largest absolute Gasteiger partial charge is 0.455 e. The van der Waals surface area contributed by atoms with Crippen LogP contribution in [0.4, 0.5) is 0 Å². The molecule has 3 heteroatoms. The van der Waals surface area contributed by atoms with E-state index in [1.807, 2.05) is 12.1 Å². The van der Waals surface area contributed by atoms with Crippen molar-refractivity contribution in [3.63, 3.8) is 0 Å². The van der Waals surface area contributed by atoms with E-state index in [4.69, 9.17) is 4.42 Å². The number of halogens is 1. The van der Waals surface area contributed by atoms with Gasteiger partial charge in [-0.05, 0) is 74.6 Å². The monoisotopic (exact) mass is 563 g/mol. The molecule has 0 aliphatic carbocycles. The number of benzene rings is 6. The topological polar surface area (TPSA) is 18.1 Å². The van der Waals surface area contributed by atoms with Crippen molar-refractivity contribution in [1.29, 1.82) is 0 Å². The fourth-order valence-electron chi connectivity index (χ4n) is 5.90. The molecule has 0 atom stereocenters. The van der Waals surface area contributed by atoms with Crippen molar-refractivity contribution in [2.75, 3.05) is 0 Å². The van der Waals surface area contributed by atoms with Gasteiger partial charge in [0, 0.05) is 21.8 Å². The van der Waals surface area contributed by atoms with Crippen LogP contribution in [0.2, 0.25) is 0 Å². The summed E-state index contributed by atoms with van der Waals surface area (Å²) in [5.74, 6) is 0. The molecule has 2 nitrogen and oxygen atoms in total. The van der Waals surface area contributed by atoms with E-state index in [0.29, 0.717) is 0 Å². The fraction of sp³-hybridized carbons (Fsp3) is 0. The second-order valence-corrected chi connectivity index (χ2v) is 10.8. The van der Waals surface area contributed by atoms with E-state index in [0.717, 1.165) is 37.6 Å². The van der Waals surface area contributed by atoms with Crippen LogP contribution in [-0.4, -0.2) is 4.57 Å². The maximum Gasteiger partial charge on any atom is 0.151 e. The van der Waals surface area contributed by atoms with Crippen LogP contribution in [0.5, 0.6) is 0 Å². The minimum Gasteiger partial charge on any atom is -0.455 e. The molecule has 0 amide bonds. The zero-order valence-corrected chi connectivity index (χ0v) is 22.5. The molecule has 8 aromatic rings. The SMILES string of the molecule is Brc1cc2c3ccccc3n(-c3cc(-c4ccccc4)cc(-c4ccccc4)c3)c2c2c1oc1ccccc12. The van der Waals surface area contributed by atoms with E-state index in [9.17, 15) is 0 Å². The van der Waals surface area contributed by atoms with Crippen LogP contribution < -0.4 is 0 Å². The first kappa shape index (κ1) is 22.4. The number of rotatable bonds is 3. The van der Waals surface area contributed by atoms with Crippen LogP contribution in [0.15, 0.2) is 142 Å². The molecule has 0 bridgehead atoms. The summed E-state index contributed by atoms with van der Waals surface area (Å²) >= 11 is 3.83. The summed E-state index contributed by atoms with van der Waals surface area (Å²) < 4.78 is 9.79. The summed E-state index contributed by atoms with van der Waals surface area (Å²) in [7, 11) is 0. The number of aromatic nitrogens is 1. The average Bonchev–Trinajstić information content (AvgIpc) is 3.54. The highest BCUT2D eigenvalue weighted by molar-refractivity contribution is 9.10. The van der Waals surface area contributed by atoms with Gasteiger partial charge in [0.15, 0.2) is 5.58 Å². The van der Waals surface area contributed by atoms with Crippen molar-refractivity contribution in [1.82, 2.24) is 4.57 Å². The summed E-state index contributed by atoms with van der Waals surface area (Å²) in [6, 6.07) is 47.4. The van der Waals surface area contributed by atoms with Crippen LogP contribution in [0, 0.1) is 0 Å². The van der Waals surface area contributed by atoms with Gasteiger partial charge in [-0.3, -0.25) is 0 Å². The van der Waals surface area contributed by atoms with Gasteiger partial charge in [0.25, 0.3) is 0 Å². The van der Waals surface area contributed by atoms with Gasteiger partial charge < -0.3 is 8.98 Å². The van der Waals surface area contributed by atoms with E-state index in [-0.39, 0.29) is 0 Å². The number of nitrogens with zero attached hydrogens (tertiary/aromatic N) is 1. The maximum absolute atomic E-state index is 6.40. The molecule has 0 saturated carbocycles. The molecule has 0 spiro atoms. The minimum absolute atomic E-state index is 0.871. The first-order valence-electron chi connectivity index (χ1n) is 13.1.